The number of hydrogen-bond donors (Lipinski definition) is 0. The molecule has 0 radical (unpaired) electrons. The van der Waals surface area contributed by atoms with Crippen molar-refractivity contribution in [2.24, 2.45) is 4.99 Å². The molecule has 0 heterocycles. The van der Waals surface area contributed by atoms with Gasteiger partial charge in [0.1, 0.15) is 5.69 Å². The average Bonchev–Trinajstić information content (AvgIpc) is 2.25. The van der Waals surface area contributed by atoms with Crippen molar-refractivity contribution in [2.75, 3.05) is 0 Å². The van der Waals surface area contributed by atoms with Crippen LogP contribution in [0, 0.1) is 18.2 Å². The topological polar surface area (TPSA) is 12.4 Å². The fourth-order valence-corrected chi connectivity index (χ4v) is 2.15. The highest BCUT2D eigenvalue weighted by molar-refractivity contribution is 8.00. The molecule has 0 amide bonds. The zero-order valence-electron chi connectivity index (χ0n) is 8.33. The van der Waals surface area contributed by atoms with E-state index < -0.39 is 5.82 Å². The Balaban J connectivity index is 3.15. The van der Waals surface area contributed by atoms with Crippen molar-refractivity contribution in [1.82, 2.24) is 0 Å². The number of thiocarbonyl (C=S) groups is 1. The first-order chi connectivity index (χ1) is 7.58. The quantitative estimate of drug-likeness (QED) is 0.351. The molecule has 5 heteroatoms. The number of nitrogens with zero attached hydrogens (tertiary/aromatic N) is 1. The van der Waals surface area contributed by atoms with Gasteiger partial charge in [-0.15, -0.1) is 18.2 Å². The Bertz CT molecular complexity index is 489. The van der Waals surface area contributed by atoms with Gasteiger partial charge in [-0.1, -0.05) is 17.5 Å². The number of aliphatic imine (C=N–C) groups is 1. The lowest BCUT2D eigenvalue weighted by atomic mass is 10.3. The van der Waals surface area contributed by atoms with E-state index in [9.17, 15) is 4.39 Å². The highest BCUT2D eigenvalue weighted by Crippen LogP contribution is 2.34. The molecule has 16 heavy (non-hydrogen) atoms. The van der Waals surface area contributed by atoms with Crippen LogP contribution in [0.5, 0.6) is 0 Å². The standard InChI is InChI=1S/C11H7ClFNS2/c1-3-7(2)16-11-5-10(14-6-15)9(13)4-8(11)12/h1,4-5,7H,2H3. The van der Waals surface area contributed by atoms with Gasteiger partial charge >= 0.3 is 0 Å². The highest BCUT2D eigenvalue weighted by Gasteiger charge is 2.10. The summed E-state index contributed by atoms with van der Waals surface area (Å²) >= 11 is 11.7. The Morgan fingerprint density at radius 1 is 1.62 bits per heavy atom. The molecule has 0 fully saturated rings. The molecular formula is C11H7ClFNS2. The van der Waals surface area contributed by atoms with Gasteiger partial charge in [0, 0.05) is 4.90 Å². The molecule has 1 unspecified atom stereocenters. The largest absolute Gasteiger partial charge is 0.205 e. The van der Waals surface area contributed by atoms with Crippen molar-refractivity contribution in [1.29, 1.82) is 0 Å². The molecule has 0 aliphatic rings. The minimum absolute atomic E-state index is 0.0488. The maximum Gasteiger partial charge on any atom is 0.151 e. The van der Waals surface area contributed by atoms with Crippen molar-refractivity contribution >= 4 is 46.4 Å². The average molecular weight is 272 g/mol. The number of rotatable bonds is 3. The lowest BCUT2D eigenvalue weighted by molar-refractivity contribution is 0.629. The van der Waals surface area contributed by atoms with Crippen molar-refractivity contribution in [3.8, 4) is 12.3 Å². The molecule has 82 valence electrons. The number of isothiocyanates is 1. The molecule has 0 N–H and O–H groups in total. The van der Waals surface area contributed by atoms with Crippen LogP contribution in [-0.4, -0.2) is 10.4 Å². The van der Waals surface area contributed by atoms with Crippen LogP contribution in [0.15, 0.2) is 22.0 Å². The zero-order valence-corrected chi connectivity index (χ0v) is 10.7. The molecule has 0 aliphatic heterocycles. The number of halogens is 2. The van der Waals surface area contributed by atoms with E-state index in [0.29, 0.717) is 9.92 Å². The minimum Gasteiger partial charge on any atom is -0.205 e. The van der Waals surface area contributed by atoms with E-state index in [4.69, 9.17) is 18.0 Å². The van der Waals surface area contributed by atoms with Crippen LogP contribution in [0.3, 0.4) is 0 Å². The third kappa shape index (κ3) is 3.33. The Morgan fingerprint density at radius 3 is 2.88 bits per heavy atom. The van der Waals surface area contributed by atoms with Crippen LogP contribution in [0.25, 0.3) is 0 Å². The first kappa shape index (κ1) is 13.2. The predicted octanol–water partition coefficient (Wildman–Crippen LogP) is 4.33. The van der Waals surface area contributed by atoms with Crippen molar-refractivity contribution in [3.63, 3.8) is 0 Å². The van der Waals surface area contributed by atoms with E-state index in [2.05, 4.69) is 28.3 Å². The number of benzene rings is 1. The van der Waals surface area contributed by atoms with Crippen molar-refractivity contribution < 1.29 is 4.39 Å². The molecular weight excluding hydrogens is 265 g/mol. The predicted molar refractivity (Wildman–Crippen MR) is 70.2 cm³/mol. The molecule has 1 atom stereocenters. The monoisotopic (exact) mass is 271 g/mol. The maximum absolute atomic E-state index is 13.3. The maximum atomic E-state index is 13.3. The Hall–Kier alpha value is -0.850. The summed E-state index contributed by atoms with van der Waals surface area (Å²) in [6.07, 6.45) is 5.26. The van der Waals surface area contributed by atoms with Crippen LogP contribution in [0.2, 0.25) is 5.02 Å². The summed E-state index contributed by atoms with van der Waals surface area (Å²) in [6.45, 7) is 1.85. The third-order valence-corrected chi connectivity index (χ3v) is 3.30. The van der Waals surface area contributed by atoms with Crippen LogP contribution < -0.4 is 0 Å². The lowest BCUT2D eigenvalue weighted by Gasteiger charge is -2.07. The van der Waals surface area contributed by atoms with Crippen LogP contribution in [-0.2, 0) is 0 Å². The molecule has 1 aromatic rings. The highest BCUT2D eigenvalue weighted by atomic mass is 35.5. The van der Waals surface area contributed by atoms with E-state index in [1.54, 1.807) is 0 Å². The molecule has 1 rings (SSSR count). The van der Waals surface area contributed by atoms with Crippen LogP contribution in [0.1, 0.15) is 6.92 Å². The van der Waals surface area contributed by atoms with Gasteiger partial charge in [0.25, 0.3) is 0 Å². The SMILES string of the molecule is C#CC(C)Sc1cc(N=C=S)c(F)cc1Cl. The van der Waals surface area contributed by atoms with Crippen LogP contribution >= 0.6 is 35.6 Å². The van der Waals surface area contributed by atoms with Gasteiger partial charge < -0.3 is 0 Å². The van der Waals surface area contributed by atoms with E-state index in [1.807, 2.05) is 6.92 Å². The van der Waals surface area contributed by atoms with Crippen LogP contribution in [0.4, 0.5) is 10.1 Å². The van der Waals surface area contributed by atoms with Gasteiger partial charge in [0.15, 0.2) is 5.82 Å². The molecule has 0 spiro atoms. The minimum atomic E-state index is -0.528. The lowest BCUT2D eigenvalue weighted by Crippen LogP contribution is -1.90. The summed E-state index contributed by atoms with van der Waals surface area (Å²) in [7, 11) is 0. The number of thioether (sulfide) groups is 1. The second-order valence-electron chi connectivity index (χ2n) is 2.86. The number of terminal acetylenes is 1. The van der Waals surface area contributed by atoms with Gasteiger partial charge in [0.2, 0.25) is 0 Å². The first-order valence-corrected chi connectivity index (χ1v) is 5.94. The Labute approximate surface area is 108 Å². The number of hydrogen-bond acceptors (Lipinski definition) is 3. The summed E-state index contributed by atoms with van der Waals surface area (Å²) < 4.78 is 13.3. The molecule has 1 aromatic carbocycles. The first-order valence-electron chi connectivity index (χ1n) is 4.28. The normalized spacial score (nSPS) is 11.4. The summed E-state index contributed by atoms with van der Waals surface area (Å²) in [6, 6.07) is 2.70. The second kappa shape index (κ2) is 6.03. The van der Waals surface area contributed by atoms with Gasteiger partial charge in [-0.05, 0) is 31.3 Å². The van der Waals surface area contributed by atoms with E-state index in [1.165, 1.54) is 23.9 Å². The molecule has 0 aliphatic carbocycles. The van der Waals surface area contributed by atoms with Crippen molar-refractivity contribution in [2.45, 2.75) is 17.1 Å². The van der Waals surface area contributed by atoms with Gasteiger partial charge in [-0.2, -0.15) is 4.99 Å². The second-order valence-corrected chi connectivity index (χ2v) is 4.84. The molecule has 0 saturated carbocycles. The van der Waals surface area contributed by atoms with Gasteiger partial charge in [-0.3, -0.25) is 0 Å². The smallest absolute Gasteiger partial charge is 0.151 e. The summed E-state index contributed by atoms with van der Waals surface area (Å²) in [5.41, 5.74) is 0.117. The molecule has 0 aromatic heterocycles. The molecule has 0 saturated heterocycles. The summed E-state index contributed by atoms with van der Waals surface area (Å²) in [5, 5.41) is 2.38. The van der Waals surface area contributed by atoms with E-state index in [0.717, 1.165) is 0 Å². The van der Waals surface area contributed by atoms with E-state index in [-0.39, 0.29) is 10.9 Å². The van der Waals surface area contributed by atoms with Gasteiger partial charge in [-0.25, -0.2) is 4.39 Å². The fourth-order valence-electron chi connectivity index (χ4n) is 0.968. The zero-order chi connectivity index (χ0) is 12.1. The van der Waals surface area contributed by atoms with Crippen molar-refractivity contribution in [3.05, 3.63) is 23.0 Å². The summed E-state index contributed by atoms with van der Waals surface area (Å²) in [4.78, 5) is 4.29. The van der Waals surface area contributed by atoms with E-state index >= 15 is 0 Å². The Kier molecular flexibility index (Phi) is 4.98. The Morgan fingerprint density at radius 2 is 2.31 bits per heavy atom. The van der Waals surface area contributed by atoms with Gasteiger partial charge in [0.05, 0.1) is 15.4 Å². The third-order valence-electron chi connectivity index (χ3n) is 1.71. The fraction of sp³-hybridized carbons (Fsp3) is 0.182. The summed E-state index contributed by atoms with van der Waals surface area (Å²) in [5.74, 6) is 2.02. The molecule has 1 nitrogen and oxygen atoms in total. The molecule has 0 bridgehead atoms.